The SMILES string of the molecule is CCCCCC/C=C\CCCCCCCC(=O)OCCCCCCCCCCCCCC/C=C\CCCCCCCCCC(=O)NC(CO)C(O)/C=C/CCCCCCCCCCCCCCCC. The van der Waals surface area contributed by atoms with Crippen LogP contribution < -0.4 is 5.32 Å². The Labute approximate surface area is 430 Å². The molecule has 0 aliphatic rings. The lowest BCUT2D eigenvalue weighted by molar-refractivity contribution is -0.143. The molecule has 0 aromatic carbocycles. The van der Waals surface area contributed by atoms with Gasteiger partial charge in [-0.25, -0.2) is 0 Å². The van der Waals surface area contributed by atoms with E-state index in [0.29, 0.717) is 19.4 Å². The fourth-order valence-electron chi connectivity index (χ4n) is 9.39. The van der Waals surface area contributed by atoms with Crippen LogP contribution in [-0.2, 0) is 14.3 Å². The standard InChI is InChI=1S/C63H119NO5/c1-3-5-7-9-11-13-15-17-18-28-32-35-39-43-47-51-55-61(66)60(59-65)64-62(67)56-52-48-44-40-36-33-29-26-24-22-20-19-21-23-25-27-30-34-38-42-46-50-54-58-69-63(68)57-53-49-45-41-37-31-16-14-12-10-8-6-4-2/h14,16,22,24,51,55,60-61,65-66H,3-13,15,17-21,23,25-50,52-54,56-59H2,1-2H3,(H,64,67)/b16-14-,24-22-,55-51+. The summed E-state index contributed by atoms with van der Waals surface area (Å²) in [6.07, 6.45) is 73.2. The maximum absolute atomic E-state index is 12.5. The van der Waals surface area contributed by atoms with E-state index in [1.807, 2.05) is 6.08 Å². The summed E-state index contributed by atoms with van der Waals surface area (Å²) in [5.41, 5.74) is 0. The highest BCUT2D eigenvalue weighted by atomic mass is 16.5. The number of aliphatic hydroxyl groups excluding tert-OH is 2. The summed E-state index contributed by atoms with van der Waals surface area (Å²) in [6.45, 7) is 4.89. The van der Waals surface area contributed by atoms with E-state index < -0.39 is 12.1 Å². The number of amides is 1. The van der Waals surface area contributed by atoms with Crippen LogP contribution in [0.2, 0.25) is 0 Å². The molecule has 0 saturated carbocycles. The minimum atomic E-state index is -0.848. The summed E-state index contributed by atoms with van der Waals surface area (Å²) >= 11 is 0. The van der Waals surface area contributed by atoms with Gasteiger partial charge >= 0.3 is 5.97 Å². The quantitative estimate of drug-likeness (QED) is 0.0321. The second-order valence-electron chi connectivity index (χ2n) is 21.0. The lowest BCUT2D eigenvalue weighted by Gasteiger charge is -2.20. The molecule has 0 aliphatic heterocycles. The number of ether oxygens (including phenoxy) is 1. The fourth-order valence-corrected chi connectivity index (χ4v) is 9.39. The van der Waals surface area contributed by atoms with Crippen LogP contribution in [0.1, 0.15) is 328 Å². The Balaban J connectivity index is 3.44. The zero-order chi connectivity index (χ0) is 50.0. The maximum atomic E-state index is 12.5. The van der Waals surface area contributed by atoms with E-state index in [-0.39, 0.29) is 18.5 Å². The van der Waals surface area contributed by atoms with Gasteiger partial charge < -0.3 is 20.3 Å². The fraction of sp³-hybridized carbons (Fsp3) is 0.873. The van der Waals surface area contributed by atoms with Crippen molar-refractivity contribution in [1.29, 1.82) is 0 Å². The molecular weight excluding hydrogens is 851 g/mol. The van der Waals surface area contributed by atoms with Gasteiger partial charge in [0.25, 0.3) is 0 Å². The van der Waals surface area contributed by atoms with Crippen molar-refractivity contribution in [2.45, 2.75) is 341 Å². The molecule has 0 aromatic heterocycles. The summed E-state index contributed by atoms with van der Waals surface area (Å²) in [6, 6.07) is -0.633. The van der Waals surface area contributed by atoms with Crippen molar-refractivity contribution in [2.75, 3.05) is 13.2 Å². The highest BCUT2D eigenvalue weighted by Crippen LogP contribution is 2.17. The minimum absolute atomic E-state index is 0.00162. The molecule has 2 atom stereocenters. The van der Waals surface area contributed by atoms with Crippen LogP contribution in [0.15, 0.2) is 36.5 Å². The third kappa shape index (κ3) is 55.2. The van der Waals surface area contributed by atoms with Crippen molar-refractivity contribution in [3.63, 3.8) is 0 Å². The molecular formula is C63H119NO5. The van der Waals surface area contributed by atoms with Crippen LogP contribution in [0.4, 0.5) is 0 Å². The van der Waals surface area contributed by atoms with Gasteiger partial charge in [-0.15, -0.1) is 0 Å². The van der Waals surface area contributed by atoms with Crippen LogP contribution >= 0.6 is 0 Å². The average molecular weight is 971 g/mol. The van der Waals surface area contributed by atoms with Gasteiger partial charge in [0.1, 0.15) is 0 Å². The maximum Gasteiger partial charge on any atom is 0.305 e. The van der Waals surface area contributed by atoms with Crippen LogP contribution in [0, 0.1) is 0 Å². The molecule has 6 nitrogen and oxygen atoms in total. The Morgan fingerprint density at radius 3 is 1.04 bits per heavy atom. The number of unbranched alkanes of at least 4 members (excludes halogenated alkanes) is 42. The number of rotatable bonds is 57. The molecule has 0 aliphatic carbocycles. The smallest absolute Gasteiger partial charge is 0.305 e. The molecule has 0 heterocycles. The highest BCUT2D eigenvalue weighted by Gasteiger charge is 2.18. The number of esters is 1. The van der Waals surface area contributed by atoms with E-state index in [1.54, 1.807) is 6.08 Å². The predicted molar refractivity (Wildman–Crippen MR) is 301 cm³/mol. The molecule has 406 valence electrons. The summed E-state index contributed by atoms with van der Waals surface area (Å²) < 4.78 is 5.47. The second kappa shape index (κ2) is 58.6. The topological polar surface area (TPSA) is 95.9 Å². The van der Waals surface area contributed by atoms with E-state index in [0.717, 1.165) is 51.4 Å². The van der Waals surface area contributed by atoms with Gasteiger partial charge in [-0.2, -0.15) is 0 Å². The van der Waals surface area contributed by atoms with Gasteiger partial charge in [0.15, 0.2) is 0 Å². The van der Waals surface area contributed by atoms with E-state index in [2.05, 4.69) is 43.5 Å². The Morgan fingerprint density at radius 1 is 0.391 bits per heavy atom. The minimum Gasteiger partial charge on any atom is -0.466 e. The predicted octanol–water partition coefficient (Wildman–Crippen LogP) is 19.2. The second-order valence-corrected chi connectivity index (χ2v) is 21.0. The highest BCUT2D eigenvalue weighted by molar-refractivity contribution is 5.76. The molecule has 0 saturated heterocycles. The first-order valence-corrected chi connectivity index (χ1v) is 30.8. The van der Waals surface area contributed by atoms with E-state index in [4.69, 9.17) is 4.74 Å². The summed E-state index contributed by atoms with van der Waals surface area (Å²) in [5.74, 6) is -0.0715. The first-order valence-electron chi connectivity index (χ1n) is 30.8. The number of carbonyl (C=O) groups excluding carboxylic acids is 2. The number of hydrogen-bond acceptors (Lipinski definition) is 5. The summed E-state index contributed by atoms with van der Waals surface area (Å²) in [7, 11) is 0. The molecule has 1 amide bonds. The number of aliphatic hydroxyl groups is 2. The molecule has 0 fully saturated rings. The van der Waals surface area contributed by atoms with Crippen molar-refractivity contribution < 1.29 is 24.5 Å². The zero-order valence-corrected chi connectivity index (χ0v) is 46.3. The Morgan fingerprint density at radius 2 is 0.681 bits per heavy atom. The average Bonchev–Trinajstić information content (AvgIpc) is 3.35. The zero-order valence-electron chi connectivity index (χ0n) is 46.3. The lowest BCUT2D eigenvalue weighted by atomic mass is 10.0. The number of carbonyl (C=O) groups is 2. The molecule has 69 heavy (non-hydrogen) atoms. The molecule has 0 bridgehead atoms. The first-order chi connectivity index (χ1) is 34.0. The third-order valence-electron chi connectivity index (χ3n) is 14.1. The van der Waals surface area contributed by atoms with Crippen molar-refractivity contribution in [3.05, 3.63) is 36.5 Å². The largest absolute Gasteiger partial charge is 0.466 e. The van der Waals surface area contributed by atoms with Crippen molar-refractivity contribution >= 4 is 11.9 Å². The Hall–Kier alpha value is -1.92. The van der Waals surface area contributed by atoms with Gasteiger partial charge in [-0.05, 0) is 83.5 Å². The summed E-state index contributed by atoms with van der Waals surface area (Å²) in [5, 5.41) is 23.1. The van der Waals surface area contributed by atoms with Gasteiger partial charge in [-0.3, -0.25) is 9.59 Å². The Bertz CT molecular complexity index is 1120. The van der Waals surface area contributed by atoms with E-state index >= 15 is 0 Å². The molecule has 0 spiro atoms. The monoisotopic (exact) mass is 970 g/mol. The van der Waals surface area contributed by atoms with E-state index in [1.165, 1.54) is 250 Å². The number of hydrogen-bond donors (Lipinski definition) is 3. The Kier molecular flexibility index (Phi) is 57.0. The van der Waals surface area contributed by atoms with Gasteiger partial charge in [0.05, 0.1) is 25.4 Å². The molecule has 6 heteroatoms. The van der Waals surface area contributed by atoms with Crippen LogP contribution in [0.5, 0.6) is 0 Å². The van der Waals surface area contributed by atoms with Crippen LogP contribution in [0.25, 0.3) is 0 Å². The molecule has 0 rings (SSSR count). The van der Waals surface area contributed by atoms with Gasteiger partial charge in [0.2, 0.25) is 5.91 Å². The lowest BCUT2D eigenvalue weighted by Crippen LogP contribution is -2.45. The van der Waals surface area contributed by atoms with Crippen LogP contribution in [0.3, 0.4) is 0 Å². The summed E-state index contributed by atoms with van der Waals surface area (Å²) in [4.78, 5) is 24.5. The third-order valence-corrected chi connectivity index (χ3v) is 14.1. The number of nitrogens with one attached hydrogen (secondary N) is 1. The van der Waals surface area contributed by atoms with Gasteiger partial charge in [0, 0.05) is 12.8 Å². The van der Waals surface area contributed by atoms with Gasteiger partial charge in [-0.1, -0.05) is 269 Å². The number of allylic oxidation sites excluding steroid dienone is 5. The molecule has 0 radical (unpaired) electrons. The van der Waals surface area contributed by atoms with Crippen molar-refractivity contribution in [1.82, 2.24) is 5.32 Å². The van der Waals surface area contributed by atoms with Crippen molar-refractivity contribution in [3.8, 4) is 0 Å². The molecule has 3 N–H and O–H groups in total. The van der Waals surface area contributed by atoms with Crippen molar-refractivity contribution in [2.24, 2.45) is 0 Å². The first kappa shape index (κ1) is 67.1. The molecule has 2 unspecified atom stereocenters. The normalized spacial score (nSPS) is 12.8. The molecule has 0 aromatic rings. The van der Waals surface area contributed by atoms with E-state index in [9.17, 15) is 19.8 Å². The van der Waals surface area contributed by atoms with Crippen LogP contribution in [-0.4, -0.2) is 47.4 Å².